The number of benzene rings is 2. The molecule has 0 unspecified atom stereocenters. The first-order chi connectivity index (χ1) is 16.5. The van der Waals surface area contributed by atoms with Crippen molar-refractivity contribution in [2.45, 2.75) is 31.7 Å². The number of rotatable bonds is 6. The Kier molecular flexibility index (Phi) is 5.76. The Morgan fingerprint density at radius 1 is 1.03 bits per heavy atom. The fourth-order valence-corrected chi connectivity index (χ4v) is 4.46. The summed E-state index contributed by atoms with van der Waals surface area (Å²) in [6.45, 7) is 6.01. The maximum Gasteiger partial charge on any atom is 0.252 e. The van der Waals surface area contributed by atoms with E-state index in [2.05, 4.69) is 59.8 Å². The number of tetrazole rings is 1. The average Bonchev–Trinajstić information content (AvgIpc) is 3.28. The van der Waals surface area contributed by atoms with Crippen LogP contribution in [0.25, 0.3) is 16.6 Å². The average molecular weight is 472 g/mol. The van der Waals surface area contributed by atoms with Crippen LogP contribution in [0.2, 0.25) is 0 Å². The van der Waals surface area contributed by atoms with Gasteiger partial charge in [-0.3, -0.25) is 15.1 Å². The number of aromatic amines is 1. The van der Waals surface area contributed by atoms with Crippen LogP contribution in [0.1, 0.15) is 22.5 Å². The molecular formula is C23H21N9OS. The van der Waals surface area contributed by atoms with E-state index >= 15 is 0 Å². The first kappa shape index (κ1) is 21.7. The Morgan fingerprint density at radius 3 is 2.68 bits per heavy atom. The van der Waals surface area contributed by atoms with Crippen molar-refractivity contribution in [1.82, 2.24) is 40.1 Å². The SMILES string of the molecule is Cc1cc(C)c2nc(Nc3nc(CSc4nnnn4-c4ccccc4)cc(=O)[nH]3)nc(C)c2c1. The summed E-state index contributed by atoms with van der Waals surface area (Å²) in [6.07, 6.45) is 0. The molecule has 0 aliphatic carbocycles. The number of hydrogen-bond donors (Lipinski definition) is 2. The highest BCUT2D eigenvalue weighted by Gasteiger charge is 2.12. The molecule has 2 N–H and O–H groups in total. The van der Waals surface area contributed by atoms with Gasteiger partial charge in [0.1, 0.15) is 0 Å². The number of aromatic nitrogens is 8. The van der Waals surface area contributed by atoms with Gasteiger partial charge in [0.15, 0.2) is 0 Å². The van der Waals surface area contributed by atoms with E-state index in [9.17, 15) is 4.79 Å². The van der Waals surface area contributed by atoms with E-state index in [1.807, 2.05) is 44.2 Å². The van der Waals surface area contributed by atoms with Crippen LogP contribution in [0.3, 0.4) is 0 Å². The predicted molar refractivity (Wildman–Crippen MR) is 131 cm³/mol. The summed E-state index contributed by atoms with van der Waals surface area (Å²) in [5.74, 6) is 1.05. The second kappa shape index (κ2) is 9.02. The molecule has 34 heavy (non-hydrogen) atoms. The third-order valence-corrected chi connectivity index (χ3v) is 6.09. The Morgan fingerprint density at radius 2 is 1.85 bits per heavy atom. The number of aryl methyl sites for hydroxylation is 3. The Labute approximate surface area is 198 Å². The lowest BCUT2D eigenvalue weighted by atomic mass is 10.1. The van der Waals surface area contributed by atoms with Crippen molar-refractivity contribution in [3.05, 3.63) is 81.4 Å². The molecule has 0 saturated carbocycles. The van der Waals surface area contributed by atoms with Gasteiger partial charge in [-0.15, -0.1) is 5.10 Å². The van der Waals surface area contributed by atoms with Gasteiger partial charge in [-0.05, 0) is 55.0 Å². The molecule has 0 saturated heterocycles. The van der Waals surface area contributed by atoms with Gasteiger partial charge in [0.05, 0.1) is 22.6 Å². The molecule has 3 aromatic heterocycles. The largest absolute Gasteiger partial charge is 0.294 e. The molecule has 10 nitrogen and oxygen atoms in total. The number of hydrogen-bond acceptors (Lipinski definition) is 9. The van der Waals surface area contributed by atoms with Crippen molar-refractivity contribution in [2.75, 3.05) is 5.32 Å². The maximum atomic E-state index is 12.3. The smallest absolute Gasteiger partial charge is 0.252 e. The summed E-state index contributed by atoms with van der Waals surface area (Å²) in [4.78, 5) is 28.7. The molecule has 5 rings (SSSR count). The second-order valence-electron chi connectivity index (χ2n) is 7.82. The molecule has 0 amide bonds. The fraction of sp³-hybridized carbons (Fsp3) is 0.174. The molecule has 0 radical (unpaired) electrons. The van der Waals surface area contributed by atoms with Crippen molar-refractivity contribution in [2.24, 2.45) is 0 Å². The van der Waals surface area contributed by atoms with Crippen LogP contribution < -0.4 is 10.9 Å². The molecule has 5 aromatic rings. The number of anilines is 2. The molecular weight excluding hydrogens is 450 g/mol. The minimum atomic E-state index is -0.278. The number of H-pyrrole nitrogens is 1. The molecule has 0 spiro atoms. The predicted octanol–water partition coefficient (Wildman–Crippen LogP) is 3.65. The monoisotopic (exact) mass is 471 g/mol. The van der Waals surface area contributed by atoms with Crippen molar-refractivity contribution >= 4 is 34.6 Å². The Bertz CT molecular complexity index is 1550. The number of para-hydroxylation sites is 1. The van der Waals surface area contributed by atoms with Crippen LogP contribution in [0.4, 0.5) is 11.9 Å². The van der Waals surface area contributed by atoms with E-state index in [-0.39, 0.29) is 11.5 Å². The summed E-state index contributed by atoms with van der Waals surface area (Å²) in [5.41, 5.74) is 5.08. The number of thioether (sulfide) groups is 1. The quantitative estimate of drug-likeness (QED) is 0.357. The van der Waals surface area contributed by atoms with E-state index in [0.29, 0.717) is 22.6 Å². The summed E-state index contributed by atoms with van der Waals surface area (Å²) < 4.78 is 1.65. The third kappa shape index (κ3) is 4.50. The minimum absolute atomic E-state index is 0.272. The molecule has 0 bridgehead atoms. The molecule has 0 atom stereocenters. The first-order valence-electron chi connectivity index (χ1n) is 10.6. The zero-order chi connectivity index (χ0) is 23.7. The number of nitrogens with one attached hydrogen (secondary N) is 2. The molecule has 0 aliphatic rings. The maximum absolute atomic E-state index is 12.3. The lowest BCUT2D eigenvalue weighted by molar-refractivity contribution is 0.756. The minimum Gasteiger partial charge on any atom is -0.294 e. The summed E-state index contributed by atoms with van der Waals surface area (Å²) in [7, 11) is 0. The van der Waals surface area contributed by atoms with Crippen LogP contribution in [0.15, 0.2) is 58.5 Å². The van der Waals surface area contributed by atoms with Crippen LogP contribution in [-0.4, -0.2) is 40.1 Å². The van der Waals surface area contributed by atoms with Crippen LogP contribution in [-0.2, 0) is 5.75 Å². The number of fused-ring (bicyclic) bond motifs is 1. The van der Waals surface area contributed by atoms with Crippen LogP contribution in [0, 0.1) is 20.8 Å². The van der Waals surface area contributed by atoms with E-state index in [4.69, 9.17) is 0 Å². The lowest BCUT2D eigenvalue weighted by Crippen LogP contribution is -2.13. The summed E-state index contributed by atoms with van der Waals surface area (Å²) in [5, 5.41) is 16.6. The molecule has 0 fully saturated rings. The van der Waals surface area contributed by atoms with Crippen molar-refractivity contribution in [1.29, 1.82) is 0 Å². The third-order valence-electron chi connectivity index (χ3n) is 5.14. The molecule has 170 valence electrons. The molecule has 11 heteroatoms. The summed E-state index contributed by atoms with van der Waals surface area (Å²) >= 11 is 1.39. The zero-order valence-electron chi connectivity index (χ0n) is 18.8. The zero-order valence-corrected chi connectivity index (χ0v) is 19.6. The standard InChI is InChI=1S/C23H21N9OS/c1-13-9-14(2)20-18(10-13)15(3)24-21(27-20)28-22-25-16(11-19(33)26-22)12-34-23-29-30-31-32(23)17-7-5-4-6-8-17/h4-11H,12H2,1-3H3,(H2,24,25,26,27,28,33). The van der Waals surface area contributed by atoms with Gasteiger partial charge in [-0.1, -0.05) is 41.6 Å². The summed E-state index contributed by atoms with van der Waals surface area (Å²) in [6, 6.07) is 15.2. The van der Waals surface area contributed by atoms with Gasteiger partial charge in [-0.2, -0.15) is 4.68 Å². The van der Waals surface area contributed by atoms with E-state index in [1.165, 1.54) is 17.8 Å². The molecule has 3 heterocycles. The van der Waals surface area contributed by atoms with Gasteiger partial charge >= 0.3 is 0 Å². The highest BCUT2D eigenvalue weighted by molar-refractivity contribution is 7.98. The van der Waals surface area contributed by atoms with Crippen molar-refractivity contribution < 1.29 is 0 Å². The highest BCUT2D eigenvalue weighted by atomic mass is 32.2. The lowest BCUT2D eigenvalue weighted by Gasteiger charge is -2.10. The topological polar surface area (TPSA) is 127 Å². The number of nitrogens with zero attached hydrogens (tertiary/aromatic N) is 7. The van der Waals surface area contributed by atoms with E-state index in [1.54, 1.807) is 4.68 Å². The van der Waals surface area contributed by atoms with Crippen LogP contribution >= 0.6 is 11.8 Å². The van der Waals surface area contributed by atoms with Gasteiger partial charge in [0.2, 0.25) is 17.1 Å². The van der Waals surface area contributed by atoms with Crippen molar-refractivity contribution in [3.63, 3.8) is 0 Å². The van der Waals surface area contributed by atoms with Gasteiger partial charge in [0, 0.05) is 17.2 Å². The Balaban J connectivity index is 1.38. The van der Waals surface area contributed by atoms with Crippen LogP contribution in [0.5, 0.6) is 0 Å². The van der Waals surface area contributed by atoms with Gasteiger partial charge in [0.25, 0.3) is 5.56 Å². The first-order valence-corrected chi connectivity index (χ1v) is 11.5. The normalized spacial score (nSPS) is 11.1. The van der Waals surface area contributed by atoms with Gasteiger partial charge in [-0.25, -0.2) is 15.0 Å². The fourth-order valence-electron chi connectivity index (χ4n) is 3.68. The van der Waals surface area contributed by atoms with E-state index < -0.39 is 0 Å². The highest BCUT2D eigenvalue weighted by Crippen LogP contribution is 2.24. The van der Waals surface area contributed by atoms with Gasteiger partial charge < -0.3 is 0 Å². The second-order valence-corrected chi connectivity index (χ2v) is 8.76. The Hall–Kier alpha value is -4.12. The van der Waals surface area contributed by atoms with Crippen molar-refractivity contribution in [3.8, 4) is 5.69 Å². The van der Waals surface area contributed by atoms with E-state index in [0.717, 1.165) is 33.4 Å². The molecule has 0 aliphatic heterocycles. The molecule has 2 aromatic carbocycles.